The highest BCUT2D eigenvalue weighted by molar-refractivity contribution is 5.77. The first-order valence-corrected chi connectivity index (χ1v) is 10.7. The Hall–Kier alpha value is -3.03. The molecule has 1 atom stereocenters. The Morgan fingerprint density at radius 3 is 2.55 bits per heavy atom. The molecule has 164 valence electrons. The summed E-state index contributed by atoms with van der Waals surface area (Å²) in [6.07, 6.45) is 0.867. The molecule has 1 heterocycles. The molecule has 0 radical (unpaired) electrons. The standard InChI is InChI=1S/C24H30N4O3/c1-3-28(4-2)19(14-18-10-6-5-7-11-18)15-25-23(29)17-31-16-22-26-21-13-9-8-12-20(21)24(30)27-22/h5-13,19H,3-4,14-17H2,1-2H3,(H,25,29)(H,26,27,30)/t19-/m1/s1. The highest BCUT2D eigenvalue weighted by atomic mass is 16.5. The summed E-state index contributed by atoms with van der Waals surface area (Å²) in [5.74, 6) is 0.218. The number of carbonyl (C=O) groups is 1. The van der Waals surface area contributed by atoms with Crippen LogP contribution in [0.25, 0.3) is 10.9 Å². The van der Waals surface area contributed by atoms with E-state index in [1.165, 1.54) is 5.56 Å². The zero-order valence-corrected chi connectivity index (χ0v) is 18.1. The van der Waals surface area contributed by atoms with E-state index in [0.717, 1.165) is 19.5 Å². The van der Waals surface area contributed by atoms with Gasteiger partial charge in [0.25, 0.3) is 5.56 Å². The Morgan fingerprint density at radius 2 is 1.81 bits per heavy atom. The quantitative estimate of drug-likeness (QED) is 0.496. The molecule has 3 rings (SSSR count). The lowest BCUT2D eigenvalue weighted by molar-refractivity contribution is -0.126. The summed E-state index contributed by atoms with van der Waals surface area (Å²) in [5, 5.41) is 3.51. The van der Waals surface area contributed by atoms with Crippen molar-refractivity contribution in [2.24, 2.45) is 0 Å². The van der Waals surface area contributed by atoms with E-state index in [1.54, 1.807) is 18.2 Å². The van der Waals surface area contributed by atoms with Gasteiger partial charge < -0.3 is 15.0 Å². The number of hydrogen-bond donors (Lipinski definition) is 2. The Bertz CT molecular complexity index is 1030. The fourth-order valence-electron chi connectivity index (χ4n) is 3.68. The number of likely N-dealkylation sites (N-methyl/N-ethyl adjacent to an activating group) is 1. The number of amides is 1. The highest BCUT2D eigenvalue weighted by Gasteiger charge is 2.17. The maximum absolute atomic E-state index is 12.3. The van der Waals surface area contributed by atoms with Crippen LogP contribution in [0.3, 0.4) is 0 Å². The molecule has 1 aromatic heterocycles. The van der Waals surface area contributed by atoms with E-state index in [9.17, 15) is 9.59 Å². The van der Waals surface area contributed by atoms with Crippen LogP contribution < -0.4 is 10.9 Å². The van der Waals surface area contributed by atoms with Crippen molar-refractivity contribution in [3.8, 4) is 0 Å². The van der Waals surface area contributed by atoms with E-state index in [4.69, 9.17) is 4.74 Å². The monoisotopic (exact) mass is 422 g/mol. The van der Waals surface area contributed by atoms with Gasteiger partial charge in [-0.05, 0) is 37.2 Å². The smallest absolute Gasteiger partial charge is 0.258 e. The Morgan fingerprint density at radius 1 is 1.10 bits per heavy atom. The van der Waals surface area contributed by atoms with Crippen molar-refractivity contribution in [3.05, 3.63) is 76.3 Å². The normalized spacial score (nSPS) is 12.2. The average molecular weight is 423 g/mol. The Kier molecular flexibility index (Phi) is 8.32. The van der Waals surface area contributed by atoms with Gasteiger partial charge in [-0.25, -0.2) is 4.98 Å². The maximum atomic E-state index is 12.3. The molecule has 2 aromatic carbocycles. The van der Waals surface area contributed by atoms with Gasteiger partial charge in [0, 0.05) is 12.6 Å². The molecular weight excluding hydrogens is 392 g/mol. The van der Waals surface area contributed by atoms with Crippen molar-refractivity contribution in [1.29, 1.82) is 0 Å². The number of rotatable bonds is 11. The number of ether oxygens (including phenoxy) is 1. The molecule has 0 aliphatic heterocycles. The van der Waals surface area contributed by atoms with Crippen LogP contribution in [0, 0.1) is 0 Å². The SMILES string of the molecule is CCN(CC)[C@@H](CNC(=O)COCc1nc2ccccc2c(=O)[nH]1)Cc1ccccc1. The van der Waals surface area contributed by atoms with Gasteiger partial charge in [-0.3, -0.25) is 14.5 Å². The summed E-state index contributed by atoms with van der Waals surface area (Å²) < 4.78 is 5.49. The molecule has 0 aliphatic rings. The van der Waals surface area contributed by atoms with Crippen molar-refractivity contribution in [3.63, 3.8) is 0 Å². The molecule has 0 saturated heterocycles. The molecule has 1 amide bonds. The summed E-state index contributed by atoms with van der Waals surface area (Å²) in [6.45, 7) is 6.61. The van der Waals surface area contributed by atoms with Crippen molar-refractivity contribution in [2.75, 3.05) is 26.2 Å². The second-order valence-electron chi connectivity index (χ2n) is 7.39. The van der Waals surface area contributed by atoms with Gasteiger partial charge in [0.2, 0.25) is 5.91 Å². The zero-order chi connectivity index (χ0) is 22.1. The molecule has 0 saturated carbocycles. The van der Waals surface area contributed by atoms with Crippen LogP contribution in [0.15, 0.2) is 59.4 Å². The van der Waals surface area contributed by atoms with E-state index < -0.39 is 0 Å². The van der Waals surface area contributed by atoms with Gasteiger partial charge in [0.1, 0.15) is 19.0 Å². The predicted molar refractivity (Wildman–Crippen MR) is 122 cm³/mol. The van der Waals surface area contributed by atoms with Gasteiger partial charge in [-0.2, -0.15) is 0 Å². The number of H-pyrrole nitrogens is 1. The predicted octanol–water partition coefficient (Wildman–Crippen LogP) is 2.51. The molecule has 0 bridgehead atoms. The minimum Gasteiger partial charge on any atom is -0.364 e. The molecule has 0 fully saturated rings. The number of carbonyl (C=O) groups excluding carboxylic acids is 1. The van der Waals surface area contributed by atoms with E-state index in [0.29, 0.717) is 23.3 Å². The van der Waals surface area contributed by atoms with Gasteiger partial charge >= 0.3 is 0 Å². The first kappa shape index (κ1) is 22.7. The Balaban J connectivity index is 1.51. The van der Waals surface area contributed by atoms with E-state index in [-0.39, 0.29) is 30.7 Å². The summed E-state index contributed by atoms with van der Waals surface area (Å²) >= 11 is 0. The van der Waals surface area contributed by atoms with Crippen molar-refractivity contribution >= 4 is 16.8 Å². The van der Waals surface area contributed by atoms with Gasteiger partial charge in [-0.1, -0.05) is 56.3 Å². The number of hydrogen-bond acceptors (Lipinski definition) is 5. The topological polar surface area (TPSA) is 87.3 Å². The third-order valence-corrected chi connectivity index (χ3v) is 5.31. The molecule has 3 aromatic rings. The number of aromatic nitrogens is 2. The fourth-order valence-corrected chi connectivity index (χ4v) is 3.68. The minimum atomic E-state index is -0.211. The maximum Gasteiger partial charge on any atom is 0.258 e. The van der Waals surface area contributed by atoms with Crippen LogP contribution in [0.2, 0.25) is 0 Å². The van der Waals surface area contributed by atoms with Gasteiger partial charge in [0.15, 0.2) is 0 Å². The fraction of sp³-hybridized carbons (Fsp3) is 0.375. The minimum absolute atomic E-state index is 0.0665. The molecular formula is C24H30N4O3. The van der Waals surface area contributed by atoms with Crippen molar-refractivity contribution < 1.29 is 9.53 Å². The van der Waals surface area contributed by atoms with Crippen LogP contribution in [0.5, 0.6) is 0 Å². The molecule has 0 spiro atoms. The second-order valence-corrected chi connectivity index (χ2v) is 7.39. The van der Waals surface area contributed by atoms with E-state index >= 15 is 0 Å². The Labute approximate surface area is 182 Å². The average Bonchev–Trinajstić information content (AvgIpc) is 2.79. The molecule has 7 heteroatoms. The number of fused-ring (bicyclic) bond motifs is 1. The lowest BCUT2D eigenvalue weighted by Gasteiger charge is -2.30. The number of nitrogens with zero attached hydrogens (tertiary/aromatic N) is 2. The molecule has 7 nitrogen and oxygen atoms in total. The van der Waals surface area contributed by atoms with Gasteiger partial charge in [-0.15, -0.1) is 0 Å². The van der Waals surface area contributed by atoms with Crippen LogP contribution in [-0.2, 0) is 22.6 Å². The van der Waals surface area contributed by atoms with Crippen LogP contribution >= 0.6 is 0 Å². The lowest BCUT2D eigenvalue weighted by atomic mass is 10.0. The number of nitrogens with one attached hydrogen (secondary N) is 2. The molecule has 2 N–H and O–H groups in total. The zero-order valence-electron chi connectivity index (χ0n) is 18.1. The number of aromatic amines is 1. The van der Waals surface area contributed by atoms with Gasteiger partial charge in [0.05, 0.1) is 10.9 Å². The highest BCUT2D eigenvalue weighted by Crippen LogP contribution is 2.09. The summed E-state index contributed by atoms with van der Waals surface area (Å²) in [4.78, 5) is 33.9. The van der Waals surface area contributed by atoms with E-state index in [1.807, 2.05) is 24.3 Å². The van der Waals surface area contributed by atoms with Crippen LogP contribution in [-0.4, -0.2) is 53.1 Å². The van der Waals surface area contributed by atoms with Crippen LogP contribution in [0.1, 0.15) is 25.2 Å². The lowest BCUT2D eigenvalue weighted by Crippen LogP contribution is -2.45. The third kappa shape index (κ3) is 6.47. The van der Waals surface area contributed by atoms with Crippen molar-refractivity contribution in [1.82, 2.24) is 20.2 Å². The van der Waals surface area contributed by atoms with Crippen LogP contribution in [0.4, 0.5) is 0 Å². The molecule has 0 aliphatic carbocycles. The van der Waals surface area contributed by atoms with E-state index in [2.05, 4.69) is 46.2 Å². The third-order valence-electron chi connectivity index (χ3n) is 5.31. The largest absolute Gasteiger partial charge is 0.364 e. The second kappa shape index (κ2) is 11.4. The molecule has 0 unspecified atom stereocenters. The summed E-state index contributed by atoms with van der Waals surface area (Å²) in [5.41, 5.74) is 1.64. The summed E-state index contributed by atoms with van der Waals surface area (Å²) in [7, 11) is 0. The van der Waals surface area contributed by atoms with Crippen molar-refractivity contribution in [2.45, 2.75) is 32.9 Å². The number of para-hydroxylation sites is 1. The molecule has 31 heavy (non-hydrogen) atoms. The number of benzene rings is 2. The first-order chi connectivity index (χ1) is 15.1. The summed E-state index contributed by atoms with van der Waals surface area (Å²) in [6, 6.07) is 17.6. The first-order valence-electron chi connectivity index (χ1n) is 10.7.